The van der Waals surface area contributed by atoms with E-state index in [4.69, 9.17) is 11.5 Å². The van der Waals surface area contributed by atoms with Crippen LogP contribution < -0.4 is 16.8 Å². The molecule has 0 aliphatic rings. The summed E-state index contributed by atoms with van der Waals surface area (Å²) in [7, 11) is 0. The number of carbonyl (C=O) groups is 2. The number of nitrogens with two attached hydrogens (primary N) is 2. The summed E-state index contributed by atoms with van der Waals surface area (Å²) in [6.45, 7) is 1.77. The Morgan fingerprint density at radius 3 is 2.75 bits per heavy atom. The maximum atomic E-state index is 13.3. The van der Waals surface area contributed by atoms with Crippen LogP contribution in [0.2, 0.25) is 0 Å². The summed E-state index contributed by atoms with van der Waals surface area (Å²) in [5, 5.41) is 2.57. The molecule has 20 heavy (non-hydrogen) atoms. The van der Waals surface area contributed by atoms with E-state index in [2.05, 4.69) is 17.2 Å². The lowest BCUT2D eigenvalue weighted by atomic mass is 10.1. The molecule has 1 atom stereocenters. The lowest BCUT2D eigenvalue weighted by Crippen LogP contribution is -2.36. The Kier molecular flexibility index (Phi) is 5.69. The second-order valence-electron chi connectivity index (χ2n) is 4.24. The van der Waals surface area contributed by atoms with Gasteiger partial charge in [0.15, 0.2) is 0 Å². The fourth-order valence-corrected chi connectivity index (χ4v) is 1.61. The van der Waals surface area contributed by atoms with E-state index in [9.17, 15) is 14.0 Å². The summed E-state index contributed by atoms with van der Waals surface area (Å²) in [6.07, 6.45) is 0.00483. The predicted octanol–water partition coefficient (Wildman–Crippen LogP) is 0.130. The van der Waals surface area contributed by atoms with E-state index in [0.29, 0.717) is 5.56 Å². The highest BCUT2D eigenvalue weighted by Gasteiger charge is 2.15. The second kappa shape index (κ2) is 7.26. The first-order valence-electron chi connectivity index (χ1n) is 6.01. The van der Waals surface area contributed by atoms with Gasteiger partial charge in [0.1, 0.15) is 5.82 Å². The van der Waals surface area contributed by atoms with Gasteiger partial charge in [0.05, 0.1) is 12.1 Å². The van der Waals surface area contributed by atoms with Crippen molar-refractivity contribution in [1.82, 2.24) is 5.32 Å². The number of primary amides is 1. The van der Waals surface area contributed by atoms with Crippen LogP contribution in [-0.4, -0.2) is 24.4 Å². The van der Waals surface area contributed by atoms with E-state index in [1.165, 1.54) is 12.1 Å². The number of amides is 2. The van der Waals surface area contributed by atoms with Gasteiger partial charge >= 0.3 is 0 Å². The van der Waals surface area contributed by atoms with Gasteiger partial charge < -0.3 is 16.8 Å². The van der Waals surface area contributed by atoms with Crippen LogP contribution in [0, 0.1) is 17.7 Å². The zero-order valence-corrected chi connectivity index (χ0v) is 11.1. The molecule has 0 saturated carbocycles. The first-order chi connectivity index (χ1) is 9.43. The molecule has 0 aliphatic heterocycles. The van der Waals surface area contributed by atoms with Crippen molar-refractivity contribution < 1.29 is 14.0 Å². The molecular formula is C14H16FN3O2. The van der Waals surface area contributed by atoms with Crippen LogP contribution in [0.4, 0.5) is 4.39 Å². The van der Waals surface area contributed by atoms with Gasteiger partial charge in [-0.3, -0.25) is 9.59 Å². The summed E-state index contributed by atoms with van der Waals surface area (Å²) < 4.78 is 13.3. The molecule has 1 unspecified atom stereocenters. The quantitative estimate of drug-likeness (QED) is 0.682. The average Bonchev–Trinajstić information content (AvgIpc) is 2.36. The first-order valence-corrected chi connectivity index (χ1v) is 6.01. The predicted molar refractivity (Wildman–Crippen MR) is 73.1 cm³/mol. The zero-order chi connectivity index (χ0) is 15.1. The summed E-state index contributed by atoms with van der Waals surface area (Å²) in [4.78, 5) is 22.8. The number of nitrogens with one attached hydrogen (secondary N) is 1. The maximum Gasteiger partial charge on any atom is 0.252 e. The fraction of sp³-hybridized carbons (Fsp3) is 0.286. The smallest absolute Gasteiger partial charge is 0.252 e. The van der Waals surface area contributed by atoms with Gasteiger partial charge in [-0.15, -0.1) is 0 Å². The molecule has 0 spiro atoms. The molecule has 5 N–H and O–H groups in total. The van der Waals surface area contributed by atoms with Crippen molar-refractivity contribution in [2.45, 2.75) is 19.4 Å². The van der Waals surface area contributed by atoms with E-state index < -0.39 is 23.7 Å². The molecule has 0 aliphatic carbocycles. The van der Waals surface area contributed by atoms with Crippen molar-refractivity contribution in [2.75, 3.05) is 6.54 Å². The lowest BCUT2D eigenvalue weighted by Gasteiger charge is -2.13. The third-order valence-corrected chi connectivity index (χ3v) is 2.44. The van der Waals surface area contributed by atoms with Gasteiger partial charge in [-0.2, -0.15) is 0 Å². The molecule has 1 aromatic carbocycles. The largest absolute Gasteiger partial charge is 0.370 e. The molecule has 106 valence electrons. The third kappa shape index (κ3) is 4.71. The number of carbonyl (C=O) groups excluding carboxylic acids is 2. The van der Waals surface area contributed by atoms with Gasteiger partial charge in [0.25, 0.3) is 5.91 Å². The molecular weight excluding hydrogens is 261 g/mol. The Balaban J connectivity index is 2.96. The second-order valence-corrected chi connectivity index (χ2v) is 4.24. The molecule has 5 nitrogen and oxygen atoms in total. The molecule has 0 bridgehead atoms. The van der Waals surface area contributed by atoms with Crippen molar-refractivity contribution in [3.05, 3.63) is 35.1 Å². The maximum absolute atomic E-state index is 13.3. The standard InChI is InChI=1S/C14H16FN3O2/c1-9(7-13(17)19)18-14(20)12-8-11(15)5-4-10(12)3-2-6-16/h4-5,8-9H,6-7,16H2,1H3,(H2,17,19)(H,18,20). The number of benzene rings is 1. The molecule has 1 rings (SSSR count). The van der Waals surface area contributed by atoms with Crippen molar-refractivity contribution in [2.24, 2.45) is 11.5 Å². The van der Waals surface area contributed by atoms with E-state index in [1.54, 1.807) is 6.92 Å². The molecule has 0 saturated heterocycles. The number of halogens is 1. The third-order valence-electron chi connectivity index (χ3n) is 2.44. The minimum absolute atomic E-state index is 0.00483. The number of hydrogen-bond donors (Lipinski definition) is 3. The van der Waals surface area contributed by atoms with E-state index in [-0.39, 0.29) is 18.5 Å². The van der Waals surface area contributed by atoms with E-state index in [1.807, 2.05) is 0 Å². The van der Waals surface area contributed by atoms with Crippen LogP contribution in [-0.2, 0) is 4.79 Å². The van der Waals surface area contributed by atoms with E-state index >= 15 is 0 Å². The molecule has 0 aromatic heterocycles. The summed E-state index contributed by atoms with van der Waals surface area (Å²) in [6, 6.07) is 3.27. The minimum atomic E-state index is -0.545. The highest BCUT2D eigenvalue weighted by atomic mass is 19.1. The summed E-state index contributed by atoms with van der Waals surface area (Å²) in [5.41, 5.74) is 10.8. The Bertz CT molecular complexity index is 576. The van der Waals surface area contributed by atoms with Crippen LogP contribution in [0.5, 0.6) is 0 Å². The Hall–Kier alpha value is -2.39. The highest BCUT2D eigenvalue weighted by Crippen LogP contribution is 2.11. The van der Waals surface area contributed by atoms with Gasteiger partial charge in [-0.05, 0) is 25.1 Å². The summed E-state index contributed by atoms with van der Waals surface area (Å²) in [5.74, 6) is 3.72. The minimum Gasteiger partial charge on any atom is -0.370 e. The molecule has 2 amide bonds. The van der Waals surface area contributed by atoms with Gasteiger partial charge in [-0.25, -0.2) is 4.39 Å². The van der Waals surface area contributed by atoms with Crippen LogP contribution in [0.1, 0.15) is 29.3 Å². The molecule has 1 aromatic rings. The van der Waals surface area contributed by atoms with Crippen molar-refractivity contribution in [3.63, 3.8) is 0 Å². The van der Waals surface area contributed by atoms with Crippen LogP contribution in [0.25, 0.3) is 0 Å². The SMILES string of the molecule is CC(CC(N)=O)NC(=O)c1cc(F)ccc1C#CCN. The van der Waals surface area contributed by atoms with E-state index in [0.717, 1.165) is 6.07 Å². The molecule has 0 fully saturated rings. The van der Waals surface area contributed by atoms with Crippen LogP contribution in [0.3, 0.4) is 0 Å². The molecule has 6 heteroatoms. The zero-order valence-electron chi connectivity index (χ0n) is 11.1. The Morgan fingerprint density at radius 1 is 1.45 bits per heavy atom. The molecule has 0 radical (unpaired) electrons. The average molecular weight is 277 g/mol. The van der Waals surface area contributed by atoms with Crippen molar-refractivity contribution in [1.29, 1.82) is 0 Å². The highest BCUT2D eigenvalue weighted by molar-refractivity contribution is 5.97. The lowest BCUT2D eigenvalue weighted by molar-refractivity contribution is -0.118. The van der Waals surface area contributed by atoms with Crippen LogP contribution in [0.15, 0.2) is 18.2 Å². The first kappa shape index (κ1) is 15.7. The normalized spacial score (nSPS) is 11.2. The Morgan fingerprint density at radius 2 is 2.15 bits per heavy atom. The Labute approximate surface area is 116 Å². The fourth-order valence-electron chi connectivity index (χ4n) is 1.61. The van der Waals surface area contributed by atoms with Crippen molar-refractivity contribution >= 4 is 11.8 Å². The number of rotatable bonds is 4. The topological polar surface area (TPSA) is 98.2 Å². The van der Waals surface area contributed by atoms with Gasteiger partial charge in [0, 0.05) is 18.0 Å². The van der Waals surface area contributed by atoms with Crippen LogP contribution >= 0.6 is 0 Å². The number of hydrogen-bond acceptors (Lipinski definition) is 3. The van der Waals surface area contributed by atoms with Gasteiger partial charge in [-0.1, -0.05) is 11.8 Å². The monoisotopic (exact) mass is 277 g/mol. The summed E-state index contributed by atoms with van der Waals surface area (Å²) >= 11 is 0. The van der Waals surface area contributed by atoms with Crippen molar-refractivity contribution in [3.8, 4) is 11.8 Å². The van der Waals surface area contributed by atoms with Gasteiger partial charge in [0.2, 0.25) is 5.91 Å². The molecule has 0 heterocycles.